The molecule has 0 saturated carbocycles. The summed E-state index contributed by atoms with van der Waals surface area (Å²) in [4.78, 5) is 39.0. The molecule has 1 aliphatic heterocycles. The fraction of sp³-hybridized carbons (Fsp3) is 0.842. The second-order valence-corrected chi connectivity index (χ2v) is 8.32. The Balaban J connectivity index is 2.43. The Labute approximate surface area is 157 Å². The van der Waals surface area contributed by atoms with E-state index in [2.05, 4.69) is 10.2 Å². The highest BCUT2D eigenvalue weighted by molar-refractivity contribution is 5.84. The molecule has 7 nitrogen and oxygen atoms in total. The molecule has 0 radical (unpaired) electrons. The fourth-order valence-corrected chi connectivity index (χ4v) is 2.88. The van der Waals surface area contributed by atoms with Gasteiger partial charge in [-0.15, -0.1) is 0 Å². The lowest BCUT2D eigenvalue weighted by atomic mass is 10.0. The summed E-state index contributed by atoms with van der Waals surface area (Å²) in [7, 11) is 0. The molecule has 1 N–H and O–H groups in total. The third kappa shape index (κ3) is 7.93. The van der Waals surface area contributed by atoms with E-state index in [9.17, 15) is 14.4 Å². The van der Waals surface area contributed by atoms with Crippen LogP contribution in [-0.2, 0) is 19.1 Å². The molecule has 0 aromatic rings. The second kappa shape index (κ2) is 9.58. The van der Waals surface area contributed by atoms with Crippen molar-refractivity contribution in [1.29, 1.82) is 0 Å². The lowest BCUT2D eigenvalue weighted by molar-refractivity contribution is -0.156. The summed E-state index contributed by atoms with van der Waals surface area (Å²) in [5.74, 6) is 0.224. The number of nitrogens with zero attached hydrogens (tertiary/aromatic N) is 2. The van der Waals surface area contributed by atoms with Crippen LogP contribution in [0.5, 0.6) is 0 Å². The van der Waals surface area contributed by atoms with Crippen LogP contribution < -0.4 is 5.32 Å². The van der Waals surface area contributed by atoms with Gasteiger partial charge >= 0.3 is 0 Å². The van der Waals surface area contributed by atoms with Crippen LogP contribution in [-0.4, -0.2) is 84.3 Å². The minimum atomic E-state index is -0.889. The molecule has 1 heterocycles. The SMILES string of the molecule is CC(=O)CNC(C)(C)CCOC(C)(C)C(=O)N1CCN(CC(C)=O)CC1. The van der Waals surface area contributed by atoms with Crippen molar-refractivity contribution in [3.05, 3.63) is 0 Å². The molecule has 1 fully saturated rings. The van der Waals surface area contributed by atoms with E-state index < -0.39 is 5.60 Å². The molecule has 1 amide bonds. The van der Waals surface area contributed by atoms with E-state index in [0.717, 1.165) is 0 Å². The van der Waals surface area contributed by atoms with Crippen LogP contribution in [0.15, 0.2) is 0 Å². The summed E-state index contributed by atoms with van der Waals surface area (Å²) in [6.07, 6.45) is 0.698. The summed E-state index contributed by atoms with van der Waals surface area (Å²) < 4.78 is 5.89. The smallest absolute Gasteiger partial charge is 0.254 e. The maximum atomic E-state index is 12.8. The van der Waals surface area contributed by atoms with Gasteiger partial charge in [-0.05, 0) is 48.0 Å². The number of ether oxygens (including phenoxy) is 1. The number of carbonyl (C=O) groups excluding carboxylic acids is 3. The third-order valence-electron chi connectivity index (χ3n) is 4.63. The Kier molecular flexibility index (Phi) is 8.37. The van der Waals surface area contributed by atoms with Crippen molar-refractivity contribution in [2.24, 2.45) is 0 Å². The molecule has 26 heavy (non-hydrogen) atoms. The summed E-state index contributed by atoms with van der Waals surface area (Å²) in [5, 5.41) is 3.20. The highest BCUT2D eigenvalue weighted by Gasteiger charge is 2.35. The number of nitrogens with one attached hydrogen (secondary N) is 1. The number of hydrogen-bond donors (Lipinski definition) is 1. The zero-order chi connectivity index (χ0) is 20.0. The first-order valence-corrected chi connectivity index (χ1v) is 9.32. The van der Waals surface area contributed by atoms with Crippen LogP contribution in [0.25, 0.3) is 0 Å². The van der Waals surface area contributed by atoms with E-state index in [-0.39, 0.29) is 23.0 Å². The zero-order valence-corrected chi connectivity index (χ0v) is 17.2. The summed E-state index contributed by atoms with van der Waals surface area (Å²) in [6.45, 7) is 14.6. The number of Topliss-reactive ketones (excluding diaryl/α,β-unsaturated/α-hetero) is 2. The first-order valence-electron chi connectivity index (χ1n) is 9.32. The molecular weight excluding hydrogens is 334 g/mol. The van der Waals surface area contributed by atoms with E-state index in [1.54, 1.807) is 27.7 Å². The molecule has 0 unspecified atom stereocenters. The normalized spacial score (nSPS) is 16.6. The predicted molar refractivity (Wildman–Crippen MR) is 101 cm³/mol. The minimum absolute atomic E-state index is 0.0190. The van der Waals surface area contributed by atoms with Gasteiger partial charge in [0.2, 0.25) is 0 Å². The Morgan fingerprint density at radius 3 is 2.04 bits per heavy atom. The molecule has 1 aliphatic rings. The molecule has 0 aromatic carbocycles. The van der Waals surface area contributed by atoms with Crippen molar-refractivity contribution in [2.45, 2.75) is 59.1 Å². The molecule has 1 rings (SSSR count). The number of ketones is 2. The number of carbonyl (C=O) groups is 3. The van der Waals surface area contributed by atoms with Crippen molar-refractivity contribution in [3.8, 4) is 0 Å². The van der Waals surface area contributed by atoms with Gasteiger partial charge in [-0.3, -0.25) is 19.3 Å². The molecule has 0 aromatic heterocycles. The van der Waals surface area contributed by atoms with Crippen LogP contribution in [0.1, 0.15) is 48.0 Å². The summed E-state index contributed by atoms with van der Waals surface area (Å²) in [6, 6.07) is 0. The number of amides is 1. The molecule has 150 valence electrons. The lowest BCUT2D eigenvalue weighted by Gasteiger charge is -2.38. The van der Waals surface area contributed by atoms with Crippen LogP contribution in [0.4, 0.5) is 0 Å². The maximum absolute atomic E-state index is 12.8. The van der Waals surface area contributed by atoms with Crippen LogP contribution in [0.2, 0.25) is 0 Å². The van der Waals surface area contributed by atoms with Crippen molar-refractivity contribution in [1.82, 2.24) is 15.1 Å². The van der Waals surface area contributed by atoms with Gasteiger partial charge in [0.25, 0.3) is 5.91 Å². The first kappa shape index (κ1) is 22.7. The molecule has 0 atom stereocenters. The highest BCUT2D eigenvalue weighted by Crippen LogP contribution is 2.18. The van der Waals surface area contributed by atoms with E-state index in [0.29, 0.717) is 52.3 Å². The van der Waals surface area contributed by atoms with Crippen molar-refractivity contribution >= 4 is 17.5 Å². The average molecular weight is 370 g/mol. The second-order valence-electron chi connectivity index (χ2n) is 8.32. The van der Waals surface area contributed by atoms with Crippen LogP contribution >= 0.6 is 0 Å². The van der Waals surface area contributed by atoms with E-state index >= 15 is 0 Å². The minimum Gasteiger partial charge on any atom is -0.366 e. The van der Waals surface area contributed by atoms with Gasteiger partial charge in [0.1, 0.15) is 17.2 Å². The Hall–Kier alpha value is -1.31. The molecule has 1 saturated heterocycles. The Morgan fingerprint density at radius 1 is 0.962 bits per heavy atom. The number of piperazine rings is 1. The van der Waals surface area contributed by atoms with E-state index in [1.807, 2.05) is 18.7 Å². The lowest BCUT2D eigenvalue weighted by Crippen LogP contribution is -2.55. The van der Waals surface area contributed by atoms with Gasteiger partial charge in [-0.25, -0.2) is 0 Å². The zero-order valence-electron chi connectivity index (χ0n) is 17.2. The fourth-order valence-electron chi connectivity index (χ4n) is 2.88. The maximum Gasteiger partial charge on any atom is 0.254 e. The molecular formula is C19H35N3O4. The number of rotatable bonds is 10. The molecule has 0 bridgehead atoms. The van der Waals surface area contributed by atoms with Crippen molar-refractivity contribution < 1.29 is 19.1 Å². The van der Waals surface area contributed by atoms with Crippen molar-refractivity contribution in [2.75, 3.05) is 45.9 Å². The largest absolute Gasteiger partial charge is 0.366 e. The van der Waals surface area contributed by atoms with Gasteiger partial charge < -0.3 is 15.0 Å². The monoisotopic (exact) mass is 369 g/mol. The molecule has 7 heteroatoms. The van der Waals surface area contributed by atoms with Gasteiger partial charge in [0.15, 0.2) is 0 Å². The van der Waals surface area contributed by atoms with Gasteiger partial charge in [0.05, 0.1) is 13.1 Å². The molecule has 0 spiro atoms. The summed E-state index contributed by atoms with van der Waals surface area (Å²) >= 11 is 0. The first-order chi connectivity index (χ1) is 11.9. The van der Waals surface area contributed by atoms with Crippen LogP contribution in [0.3, 0.4) is 0 Å². The predicted octanol–water partition coefficient (Wildman–Crippen LogP) is 0.862. The van der Waals surface area contributed by atoms with E-state index in [1.165, 1.54) is 0 Å². The topological polar surface area (TPSA) is 79.0 Å². The van der Waals surface area contributed by atoms with Crippen molar-refractivity contribution in [3.63, 3.8) is 0 Å². The standard InChI is InChI=1S/C19H35N3O4/c1-15(23)13-20-18(3,4)7-12-26-19(5,6)17(25)22-10-8-21(9-11-22)14-16(2)24/h20H,7-14H2,1-6H3. The third-order valence-corrected chi connectivity index (χ3v) is 4.63. The number of hydrogen-bond acceptors (Lipinski definition) is 6. The Bertz CT molecular complexity index is 509. The Morgan fingerprint density at radius 2 is 1.54 bits per heavy atom. The van der Waals surface area contributed by atoms with E-state index in [4.69, 9.17) is 4.74 Å². The molecule has 0 aliphatic carbocycles. The van der Waals surface area contributed by atoms with Gasteiger partial charge in [0, 0.05) is 38.3 Å². The highest BCUT2D eigenvalue weighted by atomic mass is 16.5. The van der Waals surface area contributed by atoms with Gasteiger partial charge in [-0.2, -0.15) is 0 Å². The average Bonchev–Trinajstić information content (AvgIpc) is 2.52. The quantitative estimate of drug-likeness (QED) is 0.615. The van der Waals surface area contributed by atoms with Gasteiger partial charge in [-0.1, -0.05) is 0 Å². The summed E-state index contributed by atoms with van der Waals surface area (Å²) in [5.41, 5.74) is -1.12. The van der Waals surface area contributed by atoms with Crippen LogP contribution in [0, 0.1) is 0 Å².